The zero-order valence-electron chi connectivity index (χ0n) is 17.4. The first-order valence-electron chi connectivity index (χ1n) is 10.6. The van der Waals surface area contributed by atoms with E-state index in [1.54, 1.807) is 11.1 Å². The van der Waals surface area contributed by atoms with Gasteiger partial charge in [-0.25, -0.2) is 0 Å². The number of rotatable bonds is 6. The molecule has 1 saturated heterocycles. The van der Waals surface area contributed by atoms with Crippen LogP contribution in [0.5, 0.6) is 5.75 Å². The fraction of sp³-hybridized carbons (Fsp3) is 0.667. The number of fused-ring (bicyclic) bond motifs is 3. The predicted octanol–water partition coefficient (Wildman–Crippen LogP) is 5.65. The van der Waals surface area contributed by atoms with Crippen LogP contribution in [-0.2, 0) is 11.8 Å². The topological polar surface area (TPSA) is 21.3 Å². The summed E-state index contributed by atoms with van der Waals surface area (Å²) in [5, 5.41) is 3.87. The maximum absolute atomic E-state index is 5.89. The molecule has 3 unspecified atom stereocenters. The molecular formula is C24H37NO. The van der Waals surface area contributed by atoms with Crippen LogP contribution in [0.4, 0.5) is 0 Å². The minimum Gasteiger partial charge on any atom is -0.494 e. The van der Waals surface area contributed by atoms with Crippen molar-refractivity contribution >= 4 is 0 Å². The summed E-state index contributed by atoms with van der Waals surface area (Å²) >= 11 is 0. The summed E-state index contributed by atoms with van der Waals surface area (Å²) in [4.78, 5) is 0. The van der Waals surface area contributed by atoms with Gasteiger partial charge in [0, 0.05) is 11.5 Å². The Morgan fingerprint density at radius 1 is 1.35 bits per heavy atom. The van der Waals surface area contributed by atoms with Gasteiger partial charge in [-0.1, -0.05) is 31.6 Å². The maximum Gasteiger partial charge on any atom is 0.119 e. The Hall–Kier alpha value is -1.28. The van der Waals surface area contributed by atoms with Gasteiger partial charge < -0.3 is 10.1 Å². The normalized spacial score (nSPS) is 27.6. The third kappa shape index (κ3) is 3.71. The summed E-state index contributed by atoms with van der Waals surface area (Å²) in [7, 11) is 0. The highest BCUT2D eigenvalue weighted by Crippen LogP contribution is 2.52. The summed E-state index contributed by atoms with van der Waals surface area (Å²) in [6, 6.07) is 7.52. The van der Waals surface area contributed by atoms with Crippen LogP contribution < -0.4 is 10.1 Å². The molecule has 0 bridgehead atoms. The van der Waals surface area contributed by atoms with Crippen LogP contribution in [0.3, 0.4) is 0 Å². The first-order valence-corrected chi connectivity index (χ1v) is 10.6. The minimum atomic E-state index is 0.298. The molecule has 3 rings (SSSR count). The van der Waals surface area contributed by atoms with Gasteiger partial charge in [-0.2, -0.15) is 0 Å². The lowest BCUT2D eigenvalue weighted by Crippen LogP contribution is -2.58. The second-order valence-electron chi connectivity index (χ2n) is 8.85. The van der Waals surface area contributed by atoms with Gasteiger partial charge in [0.1, 0.15) is 5.75 Å². The van der Waals surface area contributed by atoms with E-state index in [0.29, 0.717) is 17.4 Å². The van der Waals surface area contributed by atoms with Crippen molar-refractivity contribution in [1.82, 2.24) is 5.32 Å². The number of allylic oxidation sites excluding steroid dienone is 2. The Morgan fingerprint density at radius 3 is 2.85 bits per heavy atom. The number of nitrogens with one attached hydrogen (secondary N) is 1. The molecule has 2 heteroatoms. The van der Waals surface area contributed by atoms with Crippen molar-refractivity contribution in [2.75, 3.05) is 13.2 Å². The van der Waals surface area contributed by atoms with Crippen LogP contribution >= 0.6 is 0 Å². The molecule has 0 amide bonds. The van der Waals surface area contributed by atoms with Crippen molar-refractivity contribution in [2.45, 2.75) is 78.2 Å². The quantitative estimate of drug-likeness (QED) is 0.666. The lowest BCUT2D eigenvalue weighted by Gasteiger charge is -2.54. The van der Waals surface area contributed by atoms with Gasteiger partial charge >= 0.3 is 0 Å². The first-order chi connectivity index (χ1) is 12.5. The van der Waals surface area contributed by atoms with E-state index in [1.807, 2.05) is 0 Å². The van der Waals surface area contributed by atoms with Gasteiger partial charge in [-0.05, 0) is 94.5 Å². The molecule has 2 nitrogen and oxygen atoms in total. The van der Waals surface area contributed by atoms with E-state index in [0.717, 1.165) is 24.8 Å². The molecule has 0 saturated carbocycles. The zero-order valence-corrected chi connectivity index (χ0v) is 17.4. The van der Waals surface area contributed by atoms with E-state index >= 15 is 0 Å². The highest BCUT2D eigenvalue weighted by atomic mass is 16.5. The number of aryl methyl sites for hydroxylation is 1. The SMILES string of the molecule is CCOc1ccc2c(c1)C1(CCC=C(C)C)CCNC(C(C)C)C1CC2. The van der Waals surface area contributed by atoms with Gasteiger partial charge in [0.25, 0.3) is 0 Å². The smallest absolute Gasteiger partial charge is 0.119 e. The highest BCUT2D eigenvalue weighted by Gasteiger charge is 2.49. The fourth-order valence-corrected chi connectivity index (χ4v) is 5.49. The van der Waals surface area contributed by atoms with E-state index in [4.69, 9.17) is 4.74 Å². The molecule has 3 atom stereocenters. The molecule has 1 aliphatic carbocycles. The van der Waals surface area contributed by atoms with Gasteiger partial charge in [0.15, 0.2) is 0 Å². The molecule has 0 spiro atoms. The molecule has 0 radical (unpaired) electrons. The standard InChI is InChI=1S/C24H37NO/c1-6-26-20-11-9-19-10-12-21-23(18(4)5)25-15-14-24(21,22(19)16-20)13-7-8-17(2)3/h8-9,11,16,18,21,23,25H,6-7,10,12-15H2,1-5H3. The summed E-state index contributed by atoms with van der Waals surface area (Å²) in [5.41, 5.74) is 4.89. The Kier molecular flexibility index (Phi) is 6.12. The third-order valence-electron chi connectivity index (χ3n) is 6.61. The summed E-state index contributed by atoms with van der Waals surface area (Å²) in [6.07, 6.45) is 8.64. The number of piperidine rings is 1. The molecule has 1 heterocycles. The Labute approximate surface area is 160 Å². The van der Waals surface area contributed by atoms with Gasteiger partial charge in [-0.3, -0.25) is 0 Å². The van der Waals surface area contributed by atoms with Crippen molar-refractivity contribution in [2.24, 2.45) is 11.8 Å². The van der Waals surface area contributed by atoms with Crippen molar-refractivity contribution in [3.05, 3.63) is 41.0 Å². The van der Waals surface area contributed by atoms with Crippen molar-refractivity contribution in [3.63, 3.8) is 0 Å². The molecule has 0 aromatic heterocycles. The lowest BCUT2D eigenvalue weighted by molar-refractivity contribution is 0.0907. The van der Waals surface area contributed by atoms with E-state index < -0.39 is 0 Å². The minimum absolute atomic E-state index is 0.298. The molecule has 1 aliphatic heterocycles. The largest absolute Gasteiger partial charge is 0.494 e. The highest BCUT2D eigenvalue weighted by molar-refractivity contribution is 5.44. The van der Waals surface area contributed by atoms with Crippen LogP contribution in [0.2, 0.25) is 0 Å². The average Bonchev–Trinajstić information content (AvgIpc) is 2.61. The van der Waals surface area contributed by atoms with Crippen LogP contribution in [0.15, 0.2) is 29.8 Å². The maximum atomic E-state index is 5.89. The van der Waals surface area contributed by atoms with Gasteiger partial charge in [-0.15, -0.1) is 0 Å². The Morgan fingerprint density at radius 2 is 2.15 bits per heavy atom. The molecular weight excluding hydrogens is 318 g/mol. The summed E-state index contributed by atoms with van der Waals surface area (Å²) < 4.78 is 5.89. The predicted molar refractivity (Wildman–Crippen MR) is 111 cm³/mol. The van der Waals surface area contributed by atoms with Crippen LogP contribution in [0.1, 0.15) is 71.4 Å². The van der Waals surface area contributed by atoms with E-state index in [2.05, 4.69) is 64.2 Å². The second-order valence-corrected chi connectivity index (χ2v) is 8.85. The Balaban J connectivity index is 2.04. The summed E-state index contributed by atoms with van der Waals surface area (Å²) in [6.45, 7) is 13.2. The average molecular weight is 356 g/mol. The zero-order chi connectivity index (χ0) is 18.7. The van der Waals surface area contributed by atoms with Gasteiger partial charge in [0.05, 0.1) is 6.61 Å². The second kappa shape index (κ2) is 8.17. The van der Waals surface area contributed by atoms with Crippen molar-refractivity contribution in [3.8, 4) is 5.75 Å². The number of hydrogen-bond acceptors (Lipinski definition) is 2. The molecule has 1 fully saturated rings. The molecule has 144 valence electrons. The van der Waals surface area contributed by atoms with Crippen molar-refractivity contribution < 1.29 is 4.74 Å². The third-order valence-corrected chi connectivity index (χ3v) is 6.61. The monoisotopic (exact) mass is 355 g/mol. The molecule has 2 aliphatic rings. The number of hydrogen-bond donors (Lipinski definition) is 1. The number of benzene rings is 1. The molecule has 1 N–H and O–H groups in total. The van der Waals surface area contributed by atoms with Crippen LogP contribution in [-0.4, -0.2) is 19.2 Å². The van der Waals surface area contributed by atoms with Crippen LogP contribution in [0, 0.1) is 11.8 Å². The van der Waals surface area contributed by atoms with E-state index in [9.17, 15) is 0 Å². The molecule has 26 heavy (non-hydrogen) atoms. The molecule has 1 aromatic rings. The Bertz CT molecular complexity index is 644. The summed E-state index contributed by atoms with van der Waals surface area (Å²) in [5.74, 6) is 2.46. The number of ether oxygens (including phenoxy) is 1. The molecule has 1 aromatic carbocycles. The van der Waals surface area contributed by atoms with Crippen LogP contribution in [0.25, 0.3) is 0 Å². The van der Waals surface area contributed by atoms with E-state index in [1.165, 1.54) is 37.7 Å². The van der Waals surface area contributed by atoms with E-state index in [-0.39, 0.29) is 0 Å². The lowest BCUT2D eigenvalue weighted by atomic mass is 9.55. The first kappa shape index (κ1) is 19.5. The fourth-order valence-electron chi connectivity index (χ4n) is 5.49. The van der Waals surface area contributed by atoms with Gasteiger partial charge in [0.2, 0.25) is 0 Å². The van der Waals surface area contributed by atoms with Crippen molar-refractivity contribution in [1.29, 1.82) is 0 Å².